The van der Waals surface area contributed by atoms with Crippen molar-refractivity contribution in [3.63, 3.8) is 0 Å². The number of aliphatic imine (C=N–C) groups is 1. The number of benzene rings is 1. The van der Waals surface area contributed by atoms with E-state index in [1.54, 1.807) is 0 Å². The van der Waals surface area contributed by atoms with Crippen molar-refractivity contribution in [2.75, 3.05) is 0 Å². The Labute approximate surface area is 141 Å². The maximum Gasteiger partial charge on any atom is 0.376 e. The molecule has 121 valence electrons. The Morgan fingerprint density at radius 1 is 1.17 bits per heavy atom. The predicted octanol–water partition coefficient (Wildman–Crippen LogP) is 4.38. The number of nitrogens with zero attached hydrogens (tertiary/aromatic N) is 2. The summed E-state index contributed by atoms with van der Waals surface area (Å²) in [5.41, 5.74) is 0.972. The van der Waals surface area contributed by atoms with E-state index in [0.29, 0.717) is 10.9 Å². The normalized spacial score (nSPS) is 19.1. The average molecular weight is 332 g/mol. The molecule has 5 heteroatoms. The zero-order chi connectivity index (χ0) is 16.1. The van der Waals surface area contributed by atoms with Crippen molar-refractivity contribution < 1.29 is 9.53 Å². The summed E-state index contributed by atoms with van der Waals surface area (Å²) in [5, 5.41) is 4.59. The number of carbonyl (C=O) groups is 1. The lowest BCUT2D eigenvalue weighted by atomic mass is 9.84. The van der Waals surface area contributed by atoms with Crippen LogP contribution in [0.4, 0.5) is 0 Å². The molecular weight excluding hydrogens is 312 g/mol. The molecule has 0 saturated heterocycles. The monoisotopic (exact) mass is 331 g/mol. The number of rotatable bonds is 5. The minimum absolute atomic E-state index is 0.118. The molecule has 1 fully saturated rings. The summed E-state index contributed by atoms with van der Waals surface area (Å²) in [7, 11) is 0. The molecule has 1 aromatic carbocycles. The van der Waals surface area contributed by atoms with Gasteiger partial charge in [0.2, 0.25) is 5.84 Å². The van der Waals surface area contributed by atoms with Crippen LogP contribution in [-0.4, -0.2) is 11.8 Å². The second-order valence-corrected chi connectivity index (χ2v) is 6.50. The molecule has 1 radical (unpaired) electrons. The molecule has 0 amide bonds. The van der Waals surface area contributed by atoms with E-state index >= 15 is 0 Å². The van der Waals surface area contributed by atoms with Gasteiger partial charge >= 0.3 is 5.97 Å². The van der Waals surface area contributed by atoms with Crippen molar-refractivity contribution in [2.24, 2.45) is 10.9 Å². The van der Waals surface area contributed by atoms with E-state index in [4.69, 9.17) is 16.3 Å². The molecule has 1 aliphatic carbocycles. The van der Waals surface area contributed by atoms with Crippen LogP contribution in [0.15, 0.2) is 41.7 Å². The largest absolute Gasteiger partial charge is 0.452 e. The molecule has 4 nitrogen and oxygen atoms in total. The Bertz CT molecular complexity index is 604. The van der Waals surface area contributed by atoms with Crippen LogP contribution in [0.5, 0.6) is 0 Å². The van der Waals surface area contributed by atoms with E-state index < -0.39 is 5.97 Å². The van der Waals surface area contributed by atoms with Crippen molar-refractivity contribution in [3.8, 4) is 0 Å². The Balaban J connectivity index is 1.71. The van der Waals surface area contributed by atoms with Crippen LogP contribution in [-0.2, 0) is 9.53 Å². The van der Waals surface area contributed by atoms with E-state index in [0.717, 1.165) is 12.0 Å². The van der Waals surface area contributed by atoms with Crippen molar-refractivity contribution in [1.29, 1.82) is 0 Å². The number of amidine groups is 1. The first kappa shape index (κ1) is 16.1. The lowest BCUT2D eigenvalue weighted by Crippen LogP contribution is -2.25. The SMILES string of the molecule is O=C(OC(CC1CCCCC1)c1ccc(Cl)cc1)C1=NC=C[N]1. The van der Waals surface area contributed by atoms with E-state index in [1.165, 1.54) is 44.5 Å². The Kier molecular flexibility index (Phi) is 5.34. The first-order valence-electron chi connectivity index (χ1n) is 8.12. The summed E-state index contributed by atoms with van der Waals surface area (Å²) in [6, 6.07) is 7.51. The van der Waals surface area contributed by atoms with Crippen LogP contribution in [0.25, 0.3) is 0 Å². The quantitative estimate of drug-likeness (QED) is 0.752. The molecule has 2 aliphatic rings. The lowest BCUT2D eigenvalue weighted by molar-refractivity contribution is -0.142. The molecule has 0 bridgehead atoms. The molecule has 1 aliphatic heterocycles. The minimum Gasteiger partial charge on any atom is -0.452 e. The topological polar surface area (TPSA) is 52.8 Å². The van der Waals surface area contributed by atoms with E-state index in [1.807, 2.05) is 24.3 Å². The third-order valence-corrected chi connectivity index (χ3v) is 4.66. The van der Waals surface area contributed by atoms with Crippen LogP contribution in [0.2, 0.25) is 5.02 Å². The average Bonchev–Trinajstić information content (AvgIpc) is 3.10. The minimum atomic E-state index is -0.467. The van der Waals surface area contributed by atoms with Gasteiger partial charge in [0.15, 0.2) is 0 Å². The number of ether oxygens (including phenoxy) is 1. The summed E-state index contributed by atoms with van der Waals surface area (Å²) >= 11 is 5.97. The Morgan fingerprint density at radius 2 is 1.91 bits per heavy atom. The number of carbonyl (C=O) groups excluding carboxylic acids is 1. The van der Waals surface area contributed by atoms with Crippen molar-refractivity contribution in [3.05, 3.63) is 47.3 Å². The molecule has 23 heavy (non-hydrogen) atoms. The van der Waals surface area contributed by atoms with Crippen molar-refractivity contribution >= 4 is 23.4 Å². The van der Waals surface area contributed by atoms with E-state index in [-0.39, 0.29) is 11.9 Å². The smallest absolute Gasteiger partial charge is 0.376 e. The van der Waals surface area contributed by atoms with Gasteiger partial charge in [0.25, 0.3) is 0 Å². The fraction of sp³-hybridized carbons (Fsp3) is 0.444. The van der Waals surface area contributed by atoms with Crippen molar-refractivity contribution in [1.82, 2.24) is 5.32 Å². The highest BCUT2D eigenvalue weighted by atomic mass is 35.5. The highest BCUT2D eigenvalue weighted by molar-refractivity contribution is 6.36. The van der Waals surface area contributed by atoms with Gasteiger partial charge in [-0.05, 0) is 30.0 Å². The number of esters is 1. The Hall–Kier alpha value is -1.81. The molecule has 0 aromatic heterocycles. The number of hydrogen-bond donors (Lipinski definition) is 0. The first-order chi connectivity index (χ1) is 11.2. The second-order valence-electron chi connectivity index (χ2n) is 6.07. The second kappa shape index (κ2) is 7.64. The molecule has 1 unspecified atom stereocenters. The van der Waals surface area contributed by atoms with Crippen molar-refractivity contribution in [2.45, 2.75) is 44.6 Å². The molecule has 1 heterocycles. The zero-order valence-corrected chi connectivity index (χ0v) is 13.7. The van der Waals surface area contributed by atoms with Gasteiger partial charge in [0, 0.05) is 17.4 Å². The van der Waals surface area contributed by atoms with Gasteiger partial charge in [0.1, 0.15) is 6.10 Å². The summed E-state index contributed by atoms with van der Waals surface area (Å²) < 4.78 is 5.72. The molecule has 1 atom stereocenters. The molecular formula is C18H20ClN2O2. The summed E-state index contributed by atoms with van der Waals surface area (Å²) in [6.45, 7) is 0. The van der Waals surface area contributed by atoms with Gasteiger partial charge in [-0.2, -0.15) is 0 Å². The lowest BCUT2D eigenvalue weighted by Gasteiger charge is -2.26. The van der Waals surface area contributed by atoms with Crippen LogP contribution >= 0.6 is 11.6 Å². The van der Waals surface area contributed by atoms with Gasteiger partial charge in [-0.3, -0.25) is 0 Å². The maximum atomic E-state index is 12.2. The summed E-state index contributed by atoms with van der Waals surface area (Å²) in [5.74, 6) is 0.246. The van der Waals surface area contributed by atoms with E-state index in [9.17, 15) is 4.79 Å². The third kappa shape index (κ3) is 4.35. The highest BCUT2D eigenvalue weighted by Gasteiger charge is 2.26. The van der Waals surface area contributed by atoms with Gasteiger partial charge in [-0.25, -0.2) is 15.1 Å². The molecule has 1 aromatic rings. The van der Waals surface area contributed by atoms with Gasteiger partial charge in [-0.1, -0.05) is 55.8 Å². The summed E-state index contributed by atoms with van der Waals surface area (Å²) in [4.78, 5) is 16.1. The van der Waals surface area contributed by atoms with Crippen LogP contribution in [0.3, 0.4) is 0 Å². The molecule has 1 saturated carbocycles. The third-order valence-electron chi connectivity index (χ3n) is 4.41. The predicted molar refractivity (Wildman–Crippen MR) is 90.2 cm³/mol. The fourth-order valence-corrected chi connectivity index (χ4v) is 3.31. The maximum absolute atomic E-state index is 12.2. The standard InChI is InChI=1S/C18H20ClN2O2/c19-15-8-6-14(7-9-15)16(12-13-4-2-1-3-5-13)23-18(22)17-20-10-11-21-17/h6-11,13,16H,1-5,12H2. The van der Waals surface area contributed by atoms with Crippen LogP contribution in [0.1, 0.15) is 50.2 Å². The molecule has 0 N–H and O–H groups in total. The van der Waals surface area contributed by atoms with Crippen LogP contribution < -0.4 is 5.32 Å². The Morgan fingerprint density at radius 3 is 2.57 bits per heavy atom. The molecule has 3 rings (SSSR count). The van der Waals surface area contributed by atoms with Gasteiger partial charge in [0.05, 0.1) is 0 Å². The highest BCUT2D eigenvalue weighted by Crippen LogP contribution is 2.34. The first-order valence-corrected chi connectivity index (χ1v) is 8.50. The molecule has 0 spiro atoms. The zero-order valence-electron chi connectivity index (χ0n) is 13.0. The van der Waals surface area contributed by atoms with Gasteiger partial charge < -0.3 is 4.74 Å². The number of hydrogen-bond acceptors (Lipinski definition) is 3. The fourth-order valence-electron chi connectivity index (χ4n) is 3.18. The summed E-state index contributed by atoms with van der Waals surface area (Å²) in [6.07, 6.45) is 9.79. The number of halogens is 1. The van der Waals surface area contributed by atoms with Crippen LogP contribution in [0, 0.1) is 5.92 Å². The van der Waals surface area contributed by atoms with E-state index in [2.05, 4.69) is 10.3 Å². The van der Waals surface area contributed by atoms with Gasteiger partial charge in [-0.15, -0.1) is 0 Å².